The van der Waals surface area contributed by atoms with Crippen LogP contribution in [0.5, 0.6) is 0 Å². The Bertz CT molecular complexity index is 1580. The molecule has 0 spiro atoms. The monoisotopic (exact) mass is 558 g/mol. The second kappa shape index (κ2) is 11.0. The van der Waals surface area contributed by atoms with Gasteiger partial charge in [0.15, 0.2) is 0 Å². The fourth-order valence-corrected chi connectivity index (χ4v) is 3.97. The van der Waals surface area contributed by atoms with Gasteiger partial charge in [0.05, 0.1) is 12.2 Å². The minimum atomic E-state index is -4.83. The Labute approximate surface area is 226 Å². The highest BCUT2D eigenvalue weighted by Gasteiger charge is 2.35. The Morgan fingerprint density at radius 3 is 2.48 bits per heavy atom. The van der Waals surface area contributed by atoms with Gasteiger partial charge in [-0.2, -0.15) is 13.2 Å². The van der Waals surface area contributed by atoms with E-state index >= 15 is 0 Å². The molecule has 0 aliphatic carbocycles. The first kappa shape index (κ1) is 28.6. The van der Waals surface area contributed by atoms with Gasteiger partial charge in [0.25, 0.3) is 5.91 Å². The van der Waals surface area contributed by atoms with Crippen LogP contribution in [0, 0.1) is 5.82 Å². The molecule has 12 heteroatoms. The number of nitrogens with one attached hydrogen (secondary N) is 2. The van der Waals surface area contributed by atoms with Gasteiger partial charge < -0.3 is 19.6 Å². The molecule has 0 atom stereocenters. The molecule has 210 valence electrons. The number of aromatic nitrogens is 2. The molecule has 40 heavy (non-hydrogen) atoms. The van der Waals surface area contributed by atoms with Crippen molar-refractivity contribution in [1.82, 2.24) is 14.7 Å². The van der Waals surface area contributed by atoms with Crippen molar-refractivity contribution in [1.29, 1.82) is 0 Å². The Morgan fingerprint density at radius 1 is 1.05 bits per heavy atom. The molecule has 2 aromatic heterocycles. The van der Waals surface area contributed by atoms with Crippen molar-refractivity contribution in [2.24, 2.45) is 0 Å². The number of hydrogen-bond acceptors (Lipinski definition) is 5. The van der Waals surface area contributed by atoms with Crippen molar-refractivity contribution in [3.8, 4) is 11.1 Å². The number of alkyl halides is 3. The highest BCUT2D eigenvalue weighted by molar-refractivity contribution is 5.93. The number of amides is 2. The van der Waals surface area contributed by atoms with E-state index in [-0.39, 0.29) is 28.9 Å². The lowest BCUT2D eigenvalue weighted by Gasteiger charge is -2.19. The van der Waals surface area contributed by atoms with E-state index in [0.29, 0.717) is 11.3 Å². The third-order valence-corrected chi connectivity index (χ3v) is 5.67. The van der Waals surface area contributed by atoms with E-state index in [9.17, 15) is 32.3 Å². The van der Waals surface area contributed by atoms with Gasteiger partial charge in [0.2, 0.25) is 0 Å². The summed E-state index contributed by atoms with van der Waals surface area (Å²) in [5.74, 6) is -1.41. The normalized spacial score (nSPS) is 11.9. The van der Waals surface area contributed by atoms with Gasteiger partial charge in [0, 0.05) is 24.6 Å². The number of aliphatic hydroxyl groups is 1. The minimum absolute atomic E-state index is 0.00290. The molecule has 3 N–H and O–H groups in total. The summed E-state index contributed by atoms with van der Waals surface area (Å²) >= 11 is 0. The maximum Gasteiger partial charge on any atom is 0.420 e. The number of carbonyl (C=O) groups excluding carboxylic acids is 2. The van der Waals surface area contributed by atoms with Gasteiger partial charge in [-0.1, -0.05) is 18.2 Å². The molecule has 2 heterocycles. The number of benzene rings is 2. The number of hydrogen-bond donors (Lipinski definition) is 3. The quantitative estimate of drug-likeness (QED) is 0.255. The Hall–Kier alpha value is -4.45. The topological polar surface area (TPSA) is 105 Å². The van der Waals surface area contributed by atoms with Gasteiger partial charge in [-0.25, -0.2) is 14.2 Å². The molecular formula is C28H26F4N4O4. The average Bonchev–Trinajstić information content (AvgIpc) is 3.29. The molecule has 0 aliphatic heterocycles. The molecule has 8 nitrogen and oxygen atoms in total. The van der Waals surface area contributed by atoms with Gasteiger partial charge in [0.1, 0.15) is 22.8 Å². The van der Waals surface area contributed by atoms with Gasteiger partial charge in [-0.05, 0) is 73.4 Å². The average molecular weight is 559 g/mol. The molecular weight excluding hydrogens is 532 g/mol. The lowest BCUT2D eigenvalue weighted by Crippen LogP contribution is -2.27. The minimum Gasteiger partial charge on any atom is -0.444 e. The molecule has 0 saturated carbocycles. The number of carbonyl (C=O) groups is 2. The van der Waals surface area contributed by atoms with Crippen LogP contribution in [-0.4, -0.2) is 32.1 Å². The third-order valence-electron chi connectivity index (χ3n) is 5.67. The number of halogens is 4. The summed E-state index contributed by atoms with van der Waals surface area (Å²) in [6.45, 7) is 4.66. The van der Waals surface area contributed by atoms with Gasteiger partial charge in [-0.3, -0.25) is 10.1 Å². The van der Waals surface area contributed by atoms with Crippen molar-refractivity contribution >= 4 is 23.3 Å². The van der Waals surface area contributed by atoms with Crippen LogP contribution in [0.4, 0.5) is 28.0 Å². The Balaban J connectivity index is 1.58. The van der Waals surface area contributed by atoms with E-state index < -0.39 is 47.4 Å². The summed E-state index contributed by atoms with van der Waals surface area (Å²) in [7, 11) is 0. The van der Waals surface area contributed by atoms with E-state index in [1.165, 1.54) is 12.3 Å². The SMILES string of the molecule is CC(C)(C)OC(=O)Nc1cccc(CNC(=O)c2cn3cc(-c4cc(F)ccc4CO)cc(C(F)(F)F)c3n2)c1. The van der Waals surface area contributed by atoms with E-state index in [4.69, 9.17) is 4.74 Å². The molecule has 0 aliphatic rings. The maximum atomic E-state index is 14.0. The highest BCUT2D eigenvalue weighted by Crippen LogP contribution is 2.36. The Morgan fingerprint density at radius 2 is 1.80 bits per heavy atom. The summed E-state index contributed by atoms with van der Waals surface area (Å²) in [6, 6.07) is 10.8. The number of fused-ring (bicyclic) bond motifs is 1. The largest absolute Gasteiger partial charge is 0.444 e. The van der Waals surface area contributed by atoms with Crippen molar-refractivity contribution in [2.75, 3.05) is 5.32 Å². The van der Waals surface area contributed by atoms with E-state index in [2.05, 4.69) is 15.6 Å². The number of aliphatic hydroxyl groups excluding tert-OH is 1. The predicted octanol–water partition coefficient (Wildman–Crippen LogP) is 5.93. The smallest absolute Gasteiger partial charge is 0.420 e. The van der Waals surface area contributed by atoms with Crippen LogP contribution >= 0.6 is 0 Å². The lowest BCUT2D eigenvalue weighted by molar-refractivity contribution is -0.136. The van der Waals surface area contributed by atoms with Gasteiger partial charge in [-0.15, -0.1) is 0 Å². The summed E-state index contributed by atoms with van der Waals surface area (Å²) < 4.78 is 62.0. The van der Waals surface area contributed by atoms with E-state index in [1.54, 1.807) is 45.0 Å². The summed E-state index contributed by atoms with van der Waals surface area (Å²) in [4.78, 5) is 28.8. The first-order valence-corrected chi connectivity index (χ1v) is 12.1. The zero-order valence-corrected chi connectivity index (χ0v) is 21.8. The van der Waals surface area contributed by atoms with Crippen LogP contribution in [0.15, 0.2) is 60.9 Å². The van der Waals surface area contributed by atoms with Crippen LogP contribution < -0.4 is 10.6 Å². The second-order valence-electron chi connectivity index (χ2n) is 9.97. The molecule has 0 saturated heterocycles. The van der Waals surface area contributed by atoms with Crippen LogP contribution in [0.2, 0.25) is 0 Å². The van der Waals surface area contributed by atoms with Crippen molar-refractivity contribution in [3.05, 3.63) is 89.1 Å². The number of rotatable bonds is 6. The number of ether oxygens (including phenoxy) is 1. The molecule has 2 amide bonds. The third kappa shape index (κ3) is 6.75. The lowest BCUT2D eigenvalue weighted by atomic mass is 10.00. The summed E-state index contributed by atoms with van der Waals surface area (Å²) in [5.41, 5.74) is -1.26. The maximum absolute atomic E-state index is 14.0. The van der Waals surface area contributed by atoms with Crippen LogP contribution in [0.1, 0.15) is 48.0 Å². The van der Waals surface area contributed by atoms with E-state index in [1.807, 2.05) is 0 Å². The summed E-state index contributed by atoms with van der Waals surface area (Å²) in [6.07, 6.45) is -3.05. The van der Waals surface area contributed by atoms with Crippen LogP contribution in [-0.2, 0) is 24.1 Å². The fourth-order valence-electron chi connectivity index (χ4n) is 3.97. The Kier molecular flexibility index (Phi) is 7.83. The molecule has 0 fully saturated rings. The summed E-state index contributed by atoms with van der Waals surface area (Å²) in [5, 5.41) is 14.8. The highest BCUT2D eigenvalue weighted by atomic mass is 19.4. The standard InChI is InChI=1S/C28H26F4N4O4/c1-27(2,3)40-26(39)34-20-6-4-5-16(9-20)12-33-25(38)23-14-36-13-18(10-22(24(36)35-23)28(30,31)32)21-11-19(29)8-7-17(21)15-37/h4-11,13-14,37H,12,15H2,1-3H3,(H,33,38)(H,34,39). The molecule has 0 radical (unpaired) electrons. The molecule has 2 aromatic carbocycles. The molecule has 4 aromatic rings. The van der Waals surface area contributed by atoms with Crippen molar-refractivity contribution in [3.63, 3.8) is 0 Å². The number of imidazole rings is 1. The molecule has 4 rings (SSSR count). The van der Waals surface area contributed by atoms with E-state index in [0.717, 1.165) is 28.8 Å². The first-order chi connectivity index (χ1) is 18.7. The van der Waals surface area contributed by atoms with Crippen molar-refractivity contribution in [2.45, 2.75) is 45.7 Å². The molecule has 0 unspecified atom stereocenters. The van der Waals surface area contributed by atoms with Crippen LogP contribution in [0.25, 0.3) is 16.8 Å². The zero-order valence-electron chi connectivity index (χ0n) is 21.8. The predicted molar refractivity (Wildman–Crippen MR) is 139 cm³/mol. The van der Waals surface area contributed by atoms with Gasteiger partial charge >= 0.3 is 12.3 Å². The van der Waals surface area contributed by atoms with Crippen LogP contribution in [0.3, 0.4) is 0 Å². The number of pyridine rings is 1. The fraction of sp³-hybridized carbons (Fsp3) is 0.250. The van der Waals surface area contributed by atoms with Crippen molar-refractivity contribution < 1.29 is 37.0 Å². The zero-order chi connectivity index (χ0) is 29.2. The number of nitrogens with zero attached hydrogens (tertiary/aromatic N) is 2. The number of anilines is 1. The second-order valence-corrected chi connectivity index (χ2v) is 9.97. The first-order valence-electron chi connectivity index (χ1n) is 12.1. The molecule has 0 bridgehead atoms.